The lowest BCUT2D eigenvalue weighted by Crippen LogP contribution is -2.40. The van der Waals surface area contributed by atoms with Crippen LogP contribution in [0, 0.1) is 0 Å². The van der Waals surface area contributed by atoms with Gasteiger partial charge in [-0.2, -0.15) is 4.31 Å². The molecule has 0 amide bonds. The van der Waals surface area contributed by atoms with Gasteiger partial charge in [-0.3, -0.25) is 5.43 Å². The molecule has 9 heteroatoms. The van der Waals surface area contributed by atoms with E-state index in [1.165, 1.54) is 16.7 Å². The van der Waals surface area contributed by atoms with Crippen LogP contribution in [0.25, 0.3) is 0 Å². The molecule has 8 nitrogen and oxygen atoms in total. The maximum absolute atomic E-state index is 12.3. The van der Waals surface area contributed by atoms with Crippen molar-refractivity contribution in [2.24, 2.45) is 5.84 Å². The van der Waals surface area contributed by atoms with Gasteiger partial charge in [-0.1, -0.05) is 0 Å². The summed E-state index contributed by atoms with van der Waals surface area (Å²) in [7, 11) is -1.89. The van der Waals surface area contributed by atoms with E-state index in [0.717, 1.165) is 0 Å². The van der Waals surface area contributed by atoms with Gasteiger partial charge in [-0.25, -0.2) is 24.2 Å². The summed E-state index contributed by atoms with van der Waals surface area (Å²) in [6.45, 7) is 0.884. The van der Waals surface area contributed by atoms with Gasteiger partial charge in [0.25, 0.3) is 0 Å². The molecule has 0 unspecified atom stereocenters. The molecule has 1 aromatic rings. The maximum Gasteiger partial charge on any atom is 0.246 e. The first-order valence-corrected chi connectivity index (χ1v) is 7.33. The van der Waals surface area contributed by atoms with Crippen molar-refractivity contribution in [2.45, 2.75) is 23.8 Å². The van der Waals surface area contributed by atoms with E-state index < -0.39 is 10.0 Å². The Labute approximate surface area is 112 Å². The number of hydrogen-bond acceptors (Lipinski definition) is 7. The van der Waals surface area contributed by atoms with E-state index >= 15 is 0 Å². The minimum absolute atomic E-state index is 0.0716. The third kappa shape index (κ3) is 3.00. The van der Waals surface area contributed by atoms with Crippen LogP contribution in [-0.4, -0.2) is 49.0 Å². The van der Waals surface area contributed by atoms with Crippen LogP contribution in [0.5, 0.6) is 0 Å². The van der Waals surface area contributed by atoms with Crippen LogP contribution >= 0.6 is 0 Å². The van der Waals surface area contributed by atoms with Gasteiger partial charge in [0.05, 0.1) is 18.5 Å². The number of nitrogen functional groups attached to an aromatic ring is 1. The summed E-state index contributed by atoms with van der Waals surface area (Å²) < 4.78 is 31.3. The second-order valence-corrected chi connectivity index (χ2v) is 6.16. The summed E-state index contributed by atoms with van der Waals surface area (Å²) >= 11 is 0. The molecule has 1 saturated heterocycles. The maximum atomic E-state index is 12.3. The molecule has 2 heterocycles. The molecule has 0 atom stereocenters. The number of anilines is 1. The summed E-state index contributed by atoms with van der Waals surface area (Å²) in [5.74, 6) is 5.31. The molecular weight excluding hydrogens is 270 g/mol. The predicted molar refractivity (Wildman–Crippen MR) is 68.6 cm³/mol. The van der Waals surface area contributed by atoms with Crippen LogP contribution in [0.3, 0.4) is 0 Å². The molecular formula is C10H17N5O3S. The smallest absolute Gasteiger partial charge is 0.246 e. The molecule has 106 valence electrons. The summed E-state index contributed by atoms with van der Waals surface area (Å²) in [6, 6.07) is 0. The third-order valence-electron chi connectivity index (χ3n) is 3.13. The van der Waals surface area contributed by atoms with Crippen LogP contribution in [-0.2, 0) is 14.8 Å². The van der Waals surface area contributed by atoms with Crippen LogP contribution in [0.1, 0.15) is 12.8 Å². The first-order chi connectivity index (χ1) is 9.07. The monoisotopic (exact) mass is 287 g/mol. The van der Waals surface area contributed by atoms with Gasteiger partial charge in [-0.05, 0) is 12.8 Å². The molecule has 1 aliphatic heterocycles. The largest absolute Gasteiger partial charge is 0.381 e. The van der Waals surface area contributed by atoms with Crippen molar-refractivity contribution in [1.82, 2.24) is 14.3 Å². The topological polar surface area (TPSA) is 110 Å². The van der Waals surface area contributed by atoms with Gasteiger partial charge in [0.1, 0.15) is 4.90 Å². The first-order valence-electron chi connectivity index (χ1n) is 5.89. The zero-order valence-corrected chi connectivity index (χ0v) is 11.4. The van der Waals surface area contributed by atoms with Crippen LogP contribution < -0.4 is 11.3 Å². The summed E-state index contributed by atoms with van der Waals surface area (Å²) in [5, 5.41) is 0. The van der Waals surface area contributed by atoms with Gasteiger partial charge in [-0.15, -0.1) is 0 Å². The summed E-state index contributed by atoms with van der Waals surface area (Å²) in [6.07, 6.45) is 4.02. The van der Waals surface area contributed by atoms with Crippen molar-refractivity contribution < 1.29 is 13.2 Å². The SMILES string of the molecule is COC1CCN(S(=O)(=O)c2cnc(NN)nc2)CC1. The number of piperidine rings is 1. The Morgan fingerprint density at radius 1 is 1.37 bits per heavy atom. The molecule has 0 aromatic carbocycles. The molecule has 1 fully saturated rings. The van der Waals surface area contributed by atoms with E-state index in [9.17, 15) is 8.42 Å². The van der Waals surface area contributed by atoms with Crippen molar-refractivity contribution in [3.05, 3.63) is 12.4 Å². The van der Waals surface area contributed by atoms with E-state index in [4.69, 9.17) is 10.6 Å². The average Bonchev–Trinajstić information content (AvgIpc) is 2.47. The number of rotatable bonds is 4. The van der Waals surface area contributed by atoms with Crippen molar-refractivity contribution in [2.75, 3.05) is 25.6 Å². The number of nitrogens with one attached hydrogen (secondary N) is 1. The van der Waals surface area contributed by atoms with Crippen molar-refractivity contribution in [3.63, 3.8) is 0 Å². The zero-order chi connectivity index (χ0) is 13.9. The number of hydrogen-bond donors (Lipinski definition) is 2. The van der Waals surface area contributed by atoms with Crippen molar-refractivity contribution in [3.8, 4) is 0 Å². The lowest BCUT2D eigenvalue weighted by atomic mass is 10.1. The Kier molecular flexibility index (Phi) is 4.30. The highest BCUT2D eigenvalue weighted by atomic mass is 32.2. The molecule has 19 heavy (non-hydrogen) atoms. The van der Waals surface area contributed by atoms with E-state index in [1.54, 1.807) is 7.11 Å². The fourth-order valence-corrected chi connectivity index (χ4v) is 3.34. The highest BCUT2D eigenvalue weighted by Crippen LogP contribution is 2.21. The number of nitrogens with zero attached hydrogens (tertiary/aromatic N) is 3. The fourth-order valence-electron chi connectivity index (χ4n) is 1.98. The molecule has 1 aromatic heterocycles. The number of ether oxygens (including phenoxy) is 1. The van der Waals surface area contributed by atoms with Crippen LogP contribution in [0.2, 0.25) is 0 Å². The Morgan fingerprint density at radius 2 is 1.95 bits per heavy atom. The average molecular weight is 287 g/mol. The predicted octanol–water partition coefficient (Wildman–Crippen LogP) is -0.438. The van der Waals surface area contributed by atoms with E-state index in [-0.39, 0.29) is 16.9 Å². The van der Waals surface area contributed by atoms with Crippen LogP contribution in [0.4, 0.5) is 5.95 Å². The molecule has 0 spiro atoms. The third-order valence-corrected chi connectivity index (χ3v) is 4.98. The normalized spacial score (nSPS) is 18.4. The molecule has 0 radical (unpaired) electrons. The van der Waals surface area contributed by atoms with Gasteiger partial charge < -0.3 is 4.74 Å². The summed E-state index contributed by atoms with van der Waals surface area (Å²) in [5.41, 5.74) is 2.25. The van der Waals surface area contributed by atoms with E-state index in [1.807, 2.05) is 0 Å². The summed E-state index contributed by atoms with van der Waals surface area (Å²) in [4.78, 5) is 7.69. The van der Waals surface area contributed by atoms with Gasteiger partial charge in [0, 0.05) is 20.2 Å². The molecule has 1 aliphatic rings. The van der Waals surface area contributed by atoms with Gasteiger partial charge >= 0.3 is 0 Å². The second-order valence-electron chi connectivity index (χ2n) is 4.23. The Balaban J connectivity index is 2.13. The standard InChI is InChI=1S/C10H17N5O3S/c1-18-8-2-4-15(5-3-8)19(16,17)9-6-12-10(14-11)13-7-9/h6-8H,2-5,11H2,1H3,(H,12,13,14). The minimum Gasteiger partial charge on any atom is -0.381 e. The van der Waals surface area contributed by atoms with Crippen molar-refractivity contribution in [1.29, 1.82) is 0 Å². The zero-order valence-electron chi connectivity index (χ0n) is 10.6. The Bertz CT molecular complexity index is 510. The fraction of sp³-hybridized carbons (Fsp3) is 0.600. The lowest BCUT2D eigenvalue weighted by Gasteiger charge is -2.30. The highest BCUT2D eigenvalue weighted by Gasteiger charge is 2.29. The number of nitrogens with two attached hydrogens (primary N) is 1. The second kappa shape index (κ2) is 5.78. The van der Waals surface area contributed by atoms with Crippen molar-refractivity contribution >= 4 is 16.0 Å². The number of sulfonamides is 1. The quantitative estimate of drug-likeness (QED) is 0.570. The molecule has 0 saturated carbocycles. The van der Waals surface area contributed by atoms with Gasteiger partial charge in [0.2, 0.25) is 16.0 Å². The number of methoxy groups -OCH3 is 1. The van der Waals surface area contributed by atoms with E-state index in [0.29, 0.717) is 25.9 Å². The minimum atomic E-state index is -3.53. The van der Waals surface area contributed by atoms with Gasteiger partial charge in [0.15, 0.2) is 0 Å². The molecule has 3 N–H and O–H groups in total. The van der Waals surface area contributed by atoms with E-state index in [2.05, 4.69) is 15.4 Å². The highest BCUT2D eigenvalue weighted by molar-refractivity contribution is 7.89. The first kappa shape index (κ1) is 14.1. The van der Waals surface area contributed by atoms with Crippen LogP contribution in [0.15, 0.2) is 17.3 Å². The number of hydrazine groups is 1. The Hall–Kier alpha value is -1.29. The number of aromatic nitrogens is 2. The lowest BCUT2D eigenvalue weighted by molar-refractivity contribution is 0.0604. The Morgan fingerprint density at radius 3 is 2.42 bits per heavy atom. The molecule has 0 aliphatic carbocycles. The molecule has 0 bridgehead atoms. The molecule has 2 rings (SSSR count).